The molecule has 0 bridgehead atoms. The highest BCUT2D eigenvalue weighted by Gasteiger charge is 2.14. The van der Waals surface area contributed by atoms with E-state index in [0.29, 0.717) is 5.02 Å². The van der Waals surface area contributed by atoms with Crippen LogP contribution in [0.25, 0.3) is 0 Å². The normalized spacial score (nSPS) is 9.85. The number of phenolic OH excluding ortho intramolecular Hbond substituents is 1. The molecule has 0 aromatic heterocycles. The summed E-state index contributed by atoms with van der Waals surface area (Å²) in [5, 5.41) is 21.8. The van der Waals surface area contributed by atoms with Gasteiger partial charge in [0.2, 0.25) is 0 Å². The van der Waals surface area contributed by atoms with Crippen molar-refractivity contribution >= 4 is 34.8 Å². The zero-order chi connectivity index (χ0) is 14.7. The van der Waals surface area contributed by atoms with Gasteiger partial charge in [-0.25, -0.2) is 0 Å². The summed E-state index contributed by atoms with van der Waals surface area (Å²) in [5.41, 5.74) is 0.440. The van der Waals surface area contributed by atoms with Crippen molar-refractivity contribution in [2.75, 3.05) is 5.32 Å². The summed E-state index contributed by atoms with van der Waals surface area (Å²) in [5.74, 6) is -0.781. The highest BCUT2D eigenvalue weighted by molar-refractivity contribution is 6.32. The standard InChI is InChI=1S/C14H8Cl2N2O2/c15-8-4-5-13(19)9(6-8)14(20)18-12-3-1-2-11(16)10(12)7-17/h1-6,19H,(H,18,20). The van der Waals surface area contributed by atoms with Crippen LogP contribution in [0.1, 0.15) is 15.9 Å². The van der Waals surface area contributed by atoms with Gasteiger partial charge in [0.1, 0.15) is 11.8 Å². The van der Waals surface area contributed by atoms with Crippen LogP contribution in [0.4, 0.5) is 5.69 Å². The van der Waals surface area contributed by atoms with Crippen LogP contribution in [-0.4, -0.2) is 11.0 Å². The summed E-state index contributed by atoms with van der Waals surface area (Å²) in [6, 6.07) is 10.7. The van der Waals surface area contributed by atoms with Crippen LogP contribution in [0.3, 0.4) is 0 Å². The van der Waals surface area contributed by atoms with Crippen molar-refractivity contribution < 1.29 is 9.90 Å². The van der Waals surface area contributed by atoms with E-state index >= 15 is 0 Å². The first-order valence-corrected chi connectivity index (χ1v) is 6.27. The SMILES string of the molecule is N#Cc1c(Cl)cccc1NC(=O)c1cc(Cl)ccc1O. The van der Waals surface area contributed by atoms with E-state index in [2.05, 4.69) is 5.32 Å². The number of carbonyl (C=O) groups is 1. The van der Waals surface area contributed by atoms with E-state index < -0.39 is 5.91 Å². The van der Waals surface area contributed by atoms with Gasteiger partial charge < -0.3 is 10.4 Å². The predicted molar refractivity (Wildman–Crippen MR) is 77.2 cm³/mol. The molecule has 0 radical (unpaired) electrons. The molecule has 1 amide bonds. The molecule has 0 heterocycles. The number of hydrogen-bond donors (Lipinski definition) is 2. The van der Waals surface area contributed by atoms with E-state index in [1.54, 1.807) is 18.2 Å². The van der Waals surface area contributed by atoms with Gasteiger partial charge in [0, 0.05) is 5.02 Å². The van der Waals surface area contributed by atoms with E-state index in [9.17, 15) is 9.90 Å². The third kappa shape index (κ3) is 2.85. The Hall–Kier alpha value is -2.22. The van der Waals surface area contributed by atoms with Crippen LogP contribution in [0.15, 0.2) is 36.4 Å². The maximum absolute atomic E-state index is 12.1. The molecule has 0 fully saturated rings. The zero-order valence-electron chi connectivity index (χ0n) is 10.0. The Morgan fingerprint density at radius 1 is 1.25 bits per heavy atom. The number of anilines is 1. The van der Waals surface area contributed by atoms with Crippen LogP contribution in [0, 0.1) is 11.3 Å². The van der Waals surface area contributed by atoms with Crippen LogP contribution < -0.4 is 5.32 Å². The van der Waals surface area contributed by atoms with Gasteiger partial charge in [-0.15, -0.1) is 0 Å². The Balaban J connectivity index is 2.36. The van der Waals surface area contributed by atoms with Crippen molar-refractivity contribution in [3.05, 3.63) is 57.6 Å². The minimum atomic E-state index is -0.580. The Morgan fingerprint density at radius 3 is 2.70 bits per heavy atom. The van der Waals surface area contributed by atoms with Gasteiger partial charge >= 0.3 is 0 Å². The molecule has 100 valence electrons. The van der Waals surface area contributed by atoms with E-state index in [1.165, 1.54) is 18.2 Å². The van der Waals surface area contributed by atoms with Crippen molar-refractivity contribution in [2.45, 2.75) is 0 Å². The minimum Gasteiger partial charge on any atom is -0.507 e. The number of hydrogen-bond acceptors (Lipinski definition) is 3. The van der Waals surface area contributed by atoms with Gasteiger partial charge in [-0.2, -0.15) is 5.26 Å². The number of amides is 1. The van der Waals surface area contributed by atoms with Gasteiger partial charge in [-0.1, -0.05) is 29.3 Å². The number of rotatable bonds is 2. The fourth-order valence-electron chi connectivity index (χ4n) is 1.62. The Bertz CT molecular complexity index is 724. The first-order chi connectivity index (χ1) is 9.52. The molecular formula is C14H8Cl2N2O2. The summed E-state index contributed by atoms with van der Waals surface area (Å²) in [6.07, 6.45) is 0. The number of aromatic hydroxyl groups is 1. The summed E-state index contributed by atoms with van der Waals surface area (Å²) < 4.78 is 0. The number of halogens is 2. The van der Waals surface area contributed by atoms with Gasteiger partial charge in [0.15, 0.2) is 0 Å². The molecular weight excluding hydrogens is 299 g/mol. The predicted octanol–water partition coefficient (Wildman–Crippen LogP) is 3.82. The molecule has 0 aliphatic carbocycles. The van der Waals surface area contributed by atoms with E-state index in [0.717, 1.165) is 0 Å². The largest absolute Gasteiger partial charge is 0.507 e. The quantitative estimate of drug-likeness (QED) is 0.885. The highest BCUT2D eigenvalue weighted by Crippen LogP contribution is 2.26. The van der Waals surface area contributed by atoms with Gasteiger partial charge in [0.25, 0.3) is 5.91 Å². The molecule has 2 aromatic rings. The molecule has 0 spiro atoms. The fourth-order valence-corrected chi connectivity index (χ4v) is 2.01. The van der Waals surface area contributed by atoms with E-state index in [-0.39, 0.29) is 27.6 Å². The first kappa shape index (κ1) is 14.2. The van der Waals surface area contributed by atoms with Crippen molar-refractivity contribution in [3.8, 4) is 11.8 Å². The molecule has 6 heteroatoms. The fraction of sp³-hybridized carbons (Fsp3) is 0. The number of nitrogens with one attached hydrogen (secondary N) is 1. The molecule has 2 aromatic carbocycles. The van der Waals surface area contributed by atoms with Crippen LogP contribution >= 0.6 is 23.2 Å². The van der Waals surface area contributed by atoms with Gasteiger partial charge in [-0.3, -0.25) is 4.79 Å². The molecule has 0 unspecified atom stereocenters. The smallest absolute Gasteiger partial charge is 0.259 e. The maximum Gasteiger partial charge on any atom is 0.259 e. The average molecular weight is 307 g/mol. The zero-order valence-corrected chi connectivity index (χ0v) is 11.5. The van der Waals surface area contributed by atoms with Gasteiger partial charge in [-0.05, 0) is 30.3 Å². The molecule has 0 aliphatic heterocycles. The minimum absolute atomic E-state index is 0.0152. The number of nitrogens with zero attached hydrogens (tertiary/aromatic N) is 1. The third-order valence-electron chi connectivity index (χ3n) is 2.58. The second kappa shape index (κ2) is 5.83. The lowest BCUT2D eigenvalue weighted by Gasteiger charge is -2.09. The summed E-state index contributed by atoms with van der Waals surface area (Å²) in [7, 11) is 0. The average Bonchev–Trinajstić information content (AvgIpc) is 2.41. The second-order valence-electron chi connectivity index (χ2n) is 3.89. The number of nitriles is 1. The van der Waals surface area contributed by atoms with Crippen molar-refractivity contribution in [3.63, 3.8) is 0 Å². The lowest BCUT2D eigenvalue weighted by atomic mass is 10.1. The Labute approximate surface area is 125 Å². The lowest BCUT2D eigenvalue weighted by molar-refractivity contribution is 0.102. The molecule has 0 saturated carbocycles. The molecule has 4 nitrogen and oxygen atoms in total. The summed E-state index contributed by atoms with van der Waals surface area (Å²) in [6.45, 7) is 0. The van der Waals surface area contributed by atoms with Crippen LogP contribution in [0.2, 0.25) is 10.0 Å². The lowest BCUT2D eigenvalue weighted by Crippen LogP contribution is -2.13. The van der Waals surface area contributed by atoms with E-state index in [4.69, 9.17) is 28.5 Å². The molecule has 20 heavy (non-hydrogen) atoms. The number of benzene rings is 2. The van der Waals surface area contributed by atoms with E-state index in [1.807, 2.05) is 6.07 Å². The number of phenols is 1. The maximum atomic E-state index is 12.1. The second-order valence-corrected chi connectivity index (χ2v) is 4.73. The van der Waals surface area contributed by atoms with Crippen molar-refractivity contribution in [1.82, 2.24) is 0 Å². The Morgan fingerprint density at radius 2 is 2.00 bits per heavy atom. The summed E-state index contributed by atoms with van der Waals surface area (Å²) in [4.78, 5) is 12.1. The highest BCUT2D eigenvalue weighted by atomic mass is 35.5. The Kier molecular flexibility index (Phi) is 4.14. The molecule has 0 saturated heterocycles. The summed E-state index contributed by atoms with van der Waals surface area (Å²) >= 11 is 11.7. The first-order valence-electron chi connectivity index (χ1n) is 5.51. The van der Waals surface area contributed by atoms with Crippen LogP contribution in [-0.2, 0) is 0 Å². The topological polar surface area (TPSA) is 73.1 Å². The molecule has 0 aliphatic rings. The molecule has 0 atom stereocenters. The molecule has 2 N–H and O–H groups in total. The van der Waals surface area contributed by atoms with Crippen LogP contribution in [0.5, 0.6) is 5.75 Å². The monoisotopic (exact) mass is 306 g/mol. The third-order valence-corrected chi connectivity index (χ3v) is 3.13. The van der Waals surface area contributed by atoms with Crippen molar-refractivity contribution in [1.29, 1.82) is 5.26 Å². The molecule has 2 rings (SSSR count). The van der Waals surface area contributed by atoms with Crippen molar-refractivity contribution in [2.24, 2.45) is 0 Å². The number of carbonyl (C=O) groups excluding carboxylic acids is 1. The van der Waals surface area contributed by atoms with Gasteiger partial charge in [0.05, 0.1) is 21.8 Å².